The van der Waals surface area contributed by atoms with Gasteiger partial charge in [-0.25, -0.2) is 9.37 Å². The Hall–Kier alpha value is -2.93. The lowest BCUT2D eigenvalue weighted by molar-refractivity contribution is 0.0946. The van der Waals surface area contributed by atoms with Gasteiger partial charge in [0.05, 0.1) is 7.11 Å². The second-order valence-corrected chi connectivity index (χ2v) is 6.35. The van der Waals surface area contributed by atoms with E-state index in [0.29, 0.717) is 27.8 Å². The SMILES string of the molecule is COc1cccc(OCc2nc(C(=O)NCc3cccc(F)c3)cs2)c1. The zero-order chi connectivity index (χ0) is 18.4. The highest BCUT2D eigenvalue weighted by molar-refractivity contribution is 7.09. The number of amides is 1. The van der Waals surface area contributed by atoms with E-state index in [1.807, 2.05) is 18.2 Å². The van der Waals surface area contributed by atoms with Gasteiger partial charge in [-0.3, -0.25) is 4.79 Å². The van der Waals surface area contributed by atoms with Gasteiger partial charge in [0.25, 0.3) is 5.91 Å². The van der Waals surface area contributed by atoms with Crippen molar-refractivity contribution in [3.63, 3.8) is 0 Å². The summed E-state index contributed by atoms with van der Waals surface area (Å²) < 4.78 is 24.0. The zero-order valence-corrected chi connectivity index (χ0v) is 14.9. The van der Waals surface area contributed by atoms with Crippen LogP contribution in [0.25, 0.3) is 0 Å². The number of nitrogens with zero attached hydrogens (tertiary/aromatic N) is 1. The first-order chi connectivity index (χ1) is 12.6. The molecule has 0 bridgehead atoms. The second kappa shape index (κ2) is 8.44. The van der Waals surface area contributed by atoms with Gasteiger partial charge in [0.15, 0.2) is 0 Å². The van der Waals surface area contributed by atoms with E-state index in [2.05, 4.69) is 10.3 Å². The molecule has 0 spiro atoms. The van der Waals surface area contributed by atoms with E-state index in [0.717, 1.165) is 0 Å². The van der Waals surface area contributed by atoms with Crippen LogP contribution < -0.4 is 14.8 Å². The van der Waals surface area contributed by atoms with E-state index in [1.165, 1.54) is 23.5 Å². The largest absolute Gasteiger partial charge is 0.497 e. The molecule has 1 heterocycles. The first kappa shape index (κ1) is 17.9. The molecular weight excluding hydrogens is 355 g/mol. The highest BCUT2D eigenvalue weighted by Crippen LogP contribution is 2.20. The number of carbonyl (C=O) groups excluding carboxylic acids is 1. The number of ether oxygens (including phenoxy) is 2. The summed E-state index contributed by atoms with van der Waals surface area (Å²) in [5, 5.41) is 5.08. The van der Waals surface area contributed by atoms with E-state index in [-0.39, 0.29) is 24.9 Å². The van der Waals surface area contributed by atoms with Gasteiger partial charge in [0.1, 0.15) is 34.6 Å². The average molecular weight is 372 g/mol. The molecule has 0 radical (unpaired) electrons. The minimum atomic E-state index is -0.331. The van der Waals surface area contributed by atoms with Crippen LogP contribution in [0, 0.1) is 5.82 Å². The van der Waals surface area contributed by atoms with Crippen molar-refractivity contribution in [2.75, 3.05) is 7.11 Å². The van der Waals surface area contributed by atoms with Crippen LogP contribution in [0.5, 0.6) is 11.5 Å². The second-order valence-electron chi connectivity index (χ2n) is 5.41. The van der Waals surface area contributed by atoms with Gasteiger partial charge in [0.2, 0.25) is 0 Å². The fraction of sp³-hybridized carbons (Fsp3) is 0.158. The highest BCUT2D eigenvalue weighted by atomic mass is 32.1. The lowest BCUT2D eigenvalue weighted by atomic mass is 10.2. The van der Waals surface area contributed by atoms with Gasteiger partial charge >= 0.3 is 0 Å². The minimum Gasteiger partial charge on any atom is -0.497 e. The maximum absolute atomic E-state index is 13.1. The third-order valence-electron chi connectivity index (χ3n) is 3.53. The fourth-order valence-corrected chi connectivity index (χ4v) is 2.92. The standard InChI is InChI=1S/C19H17FN2O3S/c1-24-15-6-3-7-16(9-15)25-11-18-22-17(12-26-18)19(23)21-10-13-4-2-5-14(20)8-13/h2-9,12H,10-11H2,1H3,(H,21,23). The molecule has 0 atom stereocenters. The molecule has 0 saturated heterocycles. The predicted octanol–water partition coefficient (Wildman–Crippen LogP) is 3.80. The molecule has 26 heavy (non-hydrogen) atoms. The van der Waals surface area contributed by atoms with Crippen LogP contribution in [-0.4, -0.2) is 18.0 Å². The molecule has 0 aliphatic heterocycles. The number of halogens is 1. The Morgan fingerprint density at radius 2 is 2.00 bits per heavy atom. The molecule has 0 aliphatic carbocycles. The summed E-state index contributed by atoms with van der Waals surface area (Å²) in [5.41, 5.74) is 1.01. The molecule has 1 aromatic heterocycles. The van der Waals surface area contributed by atoms with E-state index in [1.54, 1.807) is 30.7 Å². The van der Waals surface area contributed by atoms with Crippen LogP contribution in [-0.2, 0) is 13.2 Å². The Balaban J connectivity index is 1.54. The summed E-state index contributed by atoms with van der Waals surface area (Å²) in [5.74, 6) is 0.733. The van der Waals surface area contributed by atoms with Crippen LogP contribution in [0.3, 0.4) is 0 Å². The molecule has 0 fully saturated rings. The Kier molecular flexibility index (Phi) is 5.80. The molecule has 134 valence electrons. The topological polar surface area (TPSA) is 60.5 Å². The monoisotopic (exact) mass is 372 g/mol. The molecule has 1 amide bonds. The molecule has 1 N–H and O–H groups in total. The third-order valence-corrected chi connectivity index (χ3v) is 4.35. The maximum Gasteiger partial charge on any atom is 0.271 e. The number of aromatic nitrogens is 1. The zero-order valence-electron chi connectivity index (χ0n) is 14.1. The molecule has 3 aromatic rings. The number of nitrogens with one attached hydrogen (secondary N) is 1. The molecule has 5 nitrogen and oxygen atoms in total. The Morgan fingerprint density at radius 1 is 1.19 bits per heavy atom. The number of thiazole rings is 1. The Bertz CT molecular complexity index is 898. The van der Waals surface area contributed by atoms with Crippen LogP contribution in [0.2, 0.25) is 0 Å². The van der Waals surface area contributed by atoms with Crippen LogP contribution in [0.15, 0.2) is 53.9 Å². The van der Waals surface area contributed by atoms with Crippen molar-refractivity contribution in [2.24, 2.45) is 0 Å². The molecule has 7 heteroatoms. The molecule has 0 aliphatic rings. The van der Waals surface area contributed by atoms with Gasteiger partial charge in [-0.15, -0.1) is 11.3 Å². The number of benzene rings is 2. The van der Waals surface area contributed by atoms with Crippen molar-refractivity contribution in [3.05, 3.63) is 76.0 Å². The number of hydrogen-bond acceptors (Lipinski definition) is 5. The van der Waals surface area contributed by atoms with E-state index in [9.17, 15) is 9.18 Å². The lowest BCUT2D eigenvalue weighted by Gasteiger charge is -2.06. The fourth-order valence-electron chi connectivity index (χ4n) is 2.24. The maximum atomic E-state index is 13.1. The summed E-state index contributed by atoms with van der Waals surface area (Å²) in [7, 11) is 1.59. The van der Waals surface area contributed by atoms with Crippen molar-refractivity contribution in [3.8, 4) is 11.5 Å². The molecular formula is C19H17FN2O3S. The predicted molar refractivity (Wildman–Crippen MR) is 97.0 cm³/mol. The first-order valence-electron chi connectivity index (χ1n) is 7.88. The third kappa shape index (κ3) is 4.80. The lowest BCUT2D eigenvalue weighted by Crippen LogP contribution is -2.23. The van der Waals surface area contributed by atoms with Crippen molar-refractivity contribution < 1.29 is 18.7 Å². The average Bonchev–Trinajstić information content (AvgIpc) is 3.14. The molecule has 0 saturated carbocycles. The number of methoxy groups -OCH3 is 1. The Morgan fingerprint density at radius 3 is 2.81 bits per heavy atom. The van der Waals surface area contributed by atoms with E-state index < -0.39 is 0 Å². The van der Waals surface area contributed by atoms with E-state index in [4.69, 9.17) is 9.47 Å². The van der Waals surface area contributed by atoms with Crippen LogP contribution in [0.4, 0.5) is 4.39 Å². The van der Waals surface area contributed by atoms with Crippen molar-refractivity contribution in [1.29, 1.82) is 0 Å². The quantitative estimate of drug-likeness (QED) is 0.685. The smallest absolute Gasteiger partial charge is 0.271 e. The van der Waals surface area contributed by atoms with Gasteiger partial charge < -0.3 is 14.8 Å². The van der Waals surface area contributed by atoms with Gasteiger partial charge in [-0.1, -0.05) is 18.2 Å². The van der Waals surface area contributed by atoms with Crippen molar-refractivity contribution >= 4 is 17.2 Å². The van der Waals surface area contributed by atoms with Crippen LogP contribution >= 0.6 is 11.3 Å². The number of rotatable bonds is 7. The highest BCUT2D eigenvalue weighted by Gasteiger charge is 2.11. The minimum absolute atomic E-state index is 0.240. The Labute approximate surface area is 154 Å². The molecule has 3 rings (SSSR count). The molecule has 0 unspecified atom stereocenters. The summed E-state index contributed by atoms with van der Waals surface area (Å²) in [6.45, 7) is 0.499. The van der Waals surface area contributed by atoms with Gasteiger partial charge in [-0.05, 0) is 29.8 Å². The van der Waals surface area contributed by atoms with Gasteiger partial charge in [0, 0.05) is 18.0 Å². The first-order valence-corrected chi connectivity index (χ1v) is 8.76. The summed E-state index contributed by atoms with van der Waals surface area (Å²) >= 11 is 1.34. The normalized spacial score (nSPS) is 10.4. The summed E-state index contributed by atoms with van der Waals surface area (Å²) in [4.78, 5) is 16.4. The van der Waals surface area contributed by atoms with Crippen LogP contribution in [0.1, 0.15) is 21.1 Å². The number of hydrogen-bond donors (Lipinski definition) is 1. The van der Waals surface area contributed by atoms with Crippen molar-refractivity contribution in [1.82, 2.24) is 10.3 Å². The summed E-state index contributed by atoms with van der Waals surface area (Å²) in [6.07, 6.45) is 0. The summed E-state index contributed by atoms with van der Waals surface area (Å²) in [6, 6.07) is 13.4. The van der Waals surface area contributed by atoms with Crippen molar-refractivity contribution in [2.45, 2.75) is 13.2 Å². The van der Waals surface area contributed by atoms with Gasteiger partial charge in [-0.2, -0.15) is 0 Å². The van der Waals surface area contributed by atoms with E-state index >= 15 is 0 Å². The number of carbonyl (C=O) groups is 1. The molecule has 2 aromatic carbocycles.